The quantitative estimate of drug-likeness (QED) is 0.828. The summed E-state index contributed by atoms with van der Waals surface area (Å²) in [5.41, 5.74) is 1.71. The highest BCUT2D eigenvalue weighted by molar-refractivity contribution is 6.31. The van der Waals surface area contributed by atoms with E-state index in [1.807, 2.05) is 24.3 Å². The first-order valence-electron chi connectivity index (χ1n) is 4.76. The number of hydrogen-bond acceptors (Lipinski definition) is 3. The zero-order valence-electron chi connectivity index (χ0n) is 8.40. The molecule has 1 heterocycles. The molecule has 3 nitrogen and oxygen atoms in total. The molecule has 0 aliphatic rings. The molecule has 0 spiro atoms. The van der Waals surface area contributed by atoms with Gasteiger partial charge in [-0.15, -0.1) is 0 Å². The van der Waals surface area contributed by atoms with E-state index < -0.39 is 0 Å². The van der Waals surface area contributed by atoms with Crippen LogP contribution in [0.15, 0.2) is 30.5 Å². The number of rotatable bonds is 3. The second-order valence-corrected chi connectivity index (χ2v) is 3.90. The molecule has 0 aliphatic carbocycles. The lowest BCUT2D eigenvalue weighted by molar-refractivity contribution is -0.112. The van der Waals surface area contributed by atoms with Crippen molar-refractivity contribution in [2.24, 2.45) is 0 Å². The molecule has 1 N–H and O–H groups in total. The topological polar surface area (TPSA) is 53.8 Å². The van der Waals surface area contributed by atoms with Gasteiger partial charge in [-0.25, -0.2) is 0 Å². The number of Topliss-reactive ketones (excluding diaryl/α,β-unsaturated/α-hetero) is 1. The number of nitrogens with zero attached hydrogens (tertiary/aromatic N) is 1. The van der Waals surface area contributed by atoms with Crippen LogP contribution in [0.3, 0.4) is 0 Å². The molecular weight excluding hydrogens is 224 g/mol. The van der Waals surface area contributed by atoms with E-state index >= 15 is 0 Å². The third-order valence-corrected chi connectivity index (χ3v) is 2.46. The summed E-state index contributed by atoms with van der Waals surface area (Å²) in [6.45, 7) is 0. The fraction of sp³-hybridized carbons (Fsp3) is 0.0833. The van der Waals surface area contributed by atoms with E-state index in [4.69, 9.17) is 17.0 Å². The van der Waals surface area contributed by atoms with Crippen molar-refractivity contribution >= 4 is 34.5 Å². The van der Waals surface area contributed by atoms with Crippen LogP contribution in [0.4, 0.5) is 0 Å². The number of ketones is 1. The molecule has 0 unspecified atom stereocenters. The summed E-state index contributed by atoms with van der Waals surface area (Å²) in [6.07, 6.45) is 2.67. The number of hydrogen-bond donors (Lipinski definition) is 1. The van der Waals surface area contributed by atoms with Crippen molar-refractivity contribution in [2.75, 3.05) is 0 Å². The monoisotopic (exact) mass is 232 g/mol. The van der Waals surface area contributed by atoms with Gasteiger partial charge in [-0.2, -0.15) is 0 Å². The fourth-order valence-electron chi connectivity index (χ4n) is 1.52. The Balaban J connectivity index is 2.42. The molecule has 0 aliphatic heterocycles. The van der Waals surface area contributed by atoms with Crippen LogP contribution in [-0.4, -0.2) is 17.0 Å². The number of pyridine rings is 1. The third-order valence-electron chi connectivity index (χ3n) is 2.25. The lowest BCUT2D eigenvalue weighted by Crippen LogP contribution is -2.02. The molecule has 0 saturated heterocycles. The van der Waals surface area contributed by atoms with Crippen molar-refractivity contribution in [1.29, 1.82) is 5.41 Å². The SMILES string of the molecule is N=CC(=O)Cc1ccc2ncc(Cl)cc2c1. The summed E-state index contributed by atoms with van der Waals surface area (Å²) in [7, 11) is 0. The standard InChI is InChI=1S/C12H9ClN2O/c13-10-5-9-3-8(4-11(16)6-14)1-2-12(9)15-7-10/h1-3,5-7,14H,4H2. The minimum absolute atomic E-state index is 0.214. The summed E-state index contributed by atoms with van der Waals surface area (Å²) in [5.74, 6) is -0.214. The maximum atomic E-state index is 11.1. The summed E-state index contributed by atoms with van der Waals surface area (Å²) < 4.78 is 0. The third kappa shape index (κ3) is 2.25. The van der Waals surface area contributed by atoms with E-state index in [1.54, 1.807) is 6.20 Å². The average molecular weight is 233 g/mol. The van der Waals surface area contributed by atoms with Crippen LogP contribution in [0.2, 0.25) is 5.02 Å². The van der Waals surface area contributed by atoms with E-state index in [9.17, 15) is 4.79 Å². The van der Waals surface area contributed by atoms with E-state index in [2.05, 4.69) is 4.98 Å². The van der Waals surface area contributed by atoms with Crippen LogP contribution in [0.1, 0.15) is 5.56 Å². The van der Waals surface area contributed by atoms with Crippen molar-refractivity contribution < 1.29 is 4.79 Å². The maximum absolute atomic E-state index is 11.1. The van der Waals surface area contributed by atoms with Gasteiger partial charge in [-0.1, -0.05) is 17.7 Å². The highest BCUT2D eigenvalue weighted by atomic mass is 35.5. The first kappa shape index (κ1) is 10.8. The highest BCUT2D eigenvalue weighted by Gasteiger charge is 2.02. The molecule has 0 fully saturated rings. The predicted molar refractivity (Wildman–Crippen MR) is 64.2 cm³/mol. The van der Waals surface area contributed by atoms with Gasteiger partial charge in [-0.3, -0.25) is 9.78 Å². The Morgan fingerprint density at radius 3 is 3.00 bits per heavy atom. The van der Waals surface area contributed by atoms with Crippen molar-refractivity contribution in [3.63, 3.8) is 0 Å². The van der Waals surface area contributed by atoms with Crippen LogP contribution in [0.25, 0.3) is 10.9 Å². The molecule has 0 saturated carbocycles. The van der Waals surface area contributed by atoms with E-state index in [1.165, 1.54) is 0 Å². The number of nitrogens with one attached hydrogen (secondary N) is 1. The molecule has 2 aromatic rings. The Bertz CT molecular complexity index is 566. The van der Waals surface area contributed by atoms with Gasteiger partial charge >= 0.3 is 0 Å². The molecule has 1 aromatic carbocycles. The van der Waals surface area contributed by atoms with Crippen LogP contribution in [0, 0.1) is 5.41 Å². The van der Waals surface area contributed by atoms with Gasteiger partial charge in [0.1, 0.15) is 0 Å². The molecule has 16 heavy (non-hydrogen) atoms. The summed E-state index contributed by atoms with van der Waals surface area (Å²) in [4.78, 5) is 15.3. The number of fused-ring (bicyclic) bond motifs is 1. The predicted octanol–water partition coefficient (Wildman–Crippen LogP) is 2.65. The van der Waals surface area contributed by atoms with Gasteiger partial charge in [0.25, 0.3) is 0 Å². The first-order chi connectivity index (χ1) is 7.69. The Kier molecular flexibility index (Phi) is 2.97. The second-order valence-electron chi connectivity index (χ2n) is 3.47. The molecule has 0 atom stereocenters. The summed E-state index contributed by atoms with van der Waals surface area (Å²) in [6, 6.07) is 7.36. The van der Waals surface area contributed by atoms with Crippen molar-refractivity contribution in [2.45, 2.75) is 6.42 Å². The minimum Gasteiger partial charge on any atom is -0.305 e. The summed E-state index contributed by atoms with van der Waals surface area (Å²) in [5, 5.41) is 8.32. The Morgan fingerprint density at radius 2 is 2.25 bits per heavy atom. The van der Waals surface area contributed by atoms with E-state index in [0.29, 0.717) is 5.02 Å². The lowest BCUT2D eigenvalue weighted by Gasteiger charge is -2.01. The number of aromatic nitrogens is 1. The van der Waals surface area contributed by atoms with Crippen LogP contribution < -0.4 is 0 Å². The van der Waals surface area contributed by atoms with Gasteiger partial charge in [-0.05, 0) is 23.8 Å². The number of halogens is 1. The van der Waals surface area contributed by atoms with E-state index in [-0.39, 0.29) is 12.2 Å². The molecule has 2 rings (SSSR count). The number of carbonyl (C=O) groups is 1. The summed E-state index contributed by atoms with van der Waals surface area (Å²) >= 11 is 5.84. The molecule has 80 valence electrons. The van der Waals surface area contributed by atoms with Gasteiger partial charge < -0.3 is 5.41 Å². The van der Waals surface area contributed by atoms with Crippen LogP contribution >= 0.6 is 11.6 Å². The van der Waals surface area contributed by atoms with Gasteiger partial charge in [0.05, 0.1) is 16.8 Å². The van der Waals surface area contributed by atoms with Crippen molar-refractivity contribution in [3.8, 4) is 0 Å². The van der Waals surface area contributed by atoms with Gasteiger partial charge in [0.15, 0.2) is 5.78 Å². The fourth-order valence-corrected chi connectivity index (χ4v) is 1.68. The van der Waals surface area contributed by atoms with Gasteiger partial charge in [0.2, 0.25) is 0 Å². The largest absolute Gasteiger partial charge is 0.305 e. The highest BCUT2D eigenvalue weighted by Crippen LogP contribution is 2.18. The molecule has 1 aromatic heterocycles. The molecule has 0 amide bonds. The van der Waals surface area contributed by atoms with Crippen molar-refractivity contribution in [1.82, 2.24) is 4.98 Å². The Labute approximate surface area is 97.6 Å². The molecule has 0 bridgehead atoms. The zero-order valence-corrected chi connectivity index (χ0v) is 9.16. The maximum Gasteiger partial charge on any atom is 0.177 e. The number of carbonyl (C=O) groups excluding carboxylic acids is 1. The minimum atomic E-state index is -0.214. The lowest BCUT2D eigenvalue weighted by atomic mass is 10.1. The van der Waals surface area contributed by atoms with Crippen LogP contribution in [0.5, 0.6) is 0 Å². The van der Waals surface area contributed by atoms with Crippen LogP contribution in [-0.2, 0) is 11.2 Å². The first-order valence-corrected chi connectivity index (χ1v) is 5.14. The Hall–Kier alpha value is -1.74. The van der Waals surface area contributed by atoms with E-state index in [0.717, 1.165) is 22.7 Å². The number of benzene rings is 1. The Morgan fingerprint density at radius 1 is 1.44 bits per heavy atom. The zero-order chi connectivity index (χ0) is 11.5. The smallest absolute Gasteiger partial charge is 0.177 e. The second kappa shape index (κ2) is 4.41. The molecular formula is C12H9ClN2O. The van der Waals surface area contributed by atoms with Gasteiger partial charge in [0, 0.05) is 18.0 Å². The van der Waals surface area contributed by atoms with Crippen molar-refractivity contribution in [3.05, 3.63) is 41.0 Å². The average Bonchev–Trinajstić information content (AvgIpc) is 2.28. The molecule has 0 radical (unpaired) electrons. The molecule has 4 heteroatoms. The normalized spacial score (nSPS) is 10.3.